The SMILES string of the molecule is Nc1ccc(-c2ccc3c(-c4ccc(N)cc4)cc4c(-c5ccc(N)cc5)cc(-c5ccc(N)cc5)c5ccc2c3c54)cc1. The van der Waals surface area contributed by atoms with Gasteiger partial charge in [-0.25, -0.2) is 0 Å². The van der Waals surface area contributed by atoms with Crippen molar-refractivity contribution in [2.75, 3.05) is 22.9 Å². The van der Waals surface area contributed by atoms with Gasteiger partial charge < -0.3 is 22.9 Å². The third kappa shape index (κ3) is 4.08. The summed E-state index contributed by atoms with van der Waals surface area (Å²) in [6, 6.07) is 46.3. The van der Waals surface area contributed by atoms with E-state index in [9.17, 15) is 0 Å². The van der Waals surface area contributed by atoms with Gasteiger partial charge in [-0.1, -0.05) is 72.8 Å². The third-order valence-electron chi connectivity index (χ3n) is 8.79. The van der Waals surface area contributed by atoms with Crippen LogP contribution in [0.4, 0.5) is 22.7 Å². The van der Waals surface area contributed by atoms with E-state index < -0.39 is 0 Å². The van der Waals surface area contributed by atoms with Crippen molar-refractivity contribution >= 4 is 55.1 Å². The summed E-state index contributed by atoms with van der Waals surface area (Å²) < 4.78 is 0. The van der Waals surface area contributed by atoms with Crippen LogP contribution in [0.2, 0.25) is 0 Å². The predicted molar refractivity (Wildman–Crippen MR) is 190 cm³/mol. The molecule has 8 N–H and O–H groups in total. The highest BCUT2D eigenvalue weighted by Gasteiger charge is 2.21. The summed E-state index contributed by atoms with van der Waals surface area (Å²) in [7, 11) is 0. The molecule has 0 bridgehead atoms. The number of rotatable bonds is 4. The van der Waals surface area contributed by atoms with E-state index in [4.69, 9.17) is 22.9 Å². The lowest BCUT2D eigenvalue weighted by Crippen LogP contribution is -1.95. The molecule has 4 nitrogen and oxygen atoms in total. The fourth-order valence-electron chi connectivity index (χ4n) is 6.60. The number of nitrogen functional groups attached to an aromatic ring is 4. The average Bonchev–Trinajstić information content (AvgIpc) is 3.05. The largest absolute Gasteiger partial charge is 0.399 e. The maximum Gasteiger partial charge on any atom is 0.0314 e. The zero-order valence-corrected chi connectivity index (χ0v) is 24.0. The van der Waals surface area contributed by atoms with Crippen LogP contribution >= 0.6 is 0 Å². The zero-order valence-electron chi connectivity index (χ0n) is 24.0. The van der Waals surface area contributed by atoms with Gasteiger partial charge in [-0.2, -0.15) is 0 Å². The van der Waals surface area contributed by atoms with E-state index in [0.717, 1.165) is 61.7 Å². The lowest BCUT2D eigenvalue weighted by atomic mass is 9.81. The molecule has 0 saturated carbocycles. The second-order valence-corrected chi connectivity index (χ2v) is 11.5. The molecule has 4 heteroatoms. The van der Waals surface area contributed by atoms with Crippen LogP contribution in [0.15, 0.2) is 133 Å². The van der Waals surface area contributed by atoms with Crippen molar-refractivity contribution in [1.82, 2.24) is 0 Å². The first-order valence-electron chi connectivity index (χ1n) is 14.7. The molecule has 0 fully saturated rings. The van der Waals surface area contributed by atoms with Gasteiger partial charge in [0.1, 0.15) is 0 Å². The van der Waals surface area contributed by atoms with Crippen LogP contribution in [0.5, 0.6) is 0 Å². The van der Waals surface area contributed by atoms with Crippen molar-refractivity contribution in [3.05, 3.63) is 133 Å². The Labute approximate surface area is 255 Å². The van der Waals surface area contributed by atoms with Crippen molar-refractivity contribution in [3.63, 3.8) is 0 Å². The highest BCUT2D eigenvalue weighted by atomic mass is 14.5. The van der Waals surface area contributed by atoms with E-state index >= 15 is 0 Å². The Balaban J connectivity index is 1.57. The molecule has 0 saturated heterocycles. The Morgan fingerprint density at radius 2 is 0.545 bits per heavy atom. The monoisotopic (exact) mass is 566 g/mol. The molecular formula is C40H30N4. The van der Waals surface area contributed by atoms with Crippen LogP contribution in [0.3, 0.4) is 0 Å². The summed E-state index contributed by atoms with van der Waals surface area (Å²) in [6.07, 6.45) is 0. The van der Waals surface area contributed by atoms with E-state index in [1.165, 1.54) is 37.9 Å². The summed E-state index contributed by atoms with van der Waals surface area (Å²) in [6.45, 7) is 0. The minimum atomic E-state index is 0.737. The zero-order chi connectivity index (χ0) is 29.9. The van der Waals surface area contributed by atoms with E-state index in [-0.39, 0.29) is 0 Å². The molecule has 0 aliphatic carbocycles. The predicted octanol–water partition coefficient (Wildman–Crippen LogP) is 9.58. The summed E-state index contributed by atoms with van der Waals surface area (Å²) >= 11 is 0. The Bertz CT molecular complexity index is 2300. The summed E-state index contributed by atoms with van der Waals surface area (Å²) in [4.78, 5) is 0. The smallest absolute Gasteiger partial charge is 0.0314 e. The van der Waals surface area contributed by atoms with Crippen LogP contribution in [-0.2, 0) is 0 Å². The lowest BCUT2D eigenvalue weighted by Gasteiger charge is -2.22. The molecular weight excluding hydrogens is 536 g/mol. The Morgan fingerprint density at radius 3 is 0.977 bits per heavy atom. The van der Waals surface area contributed by atoms with E-state index in [1.807, 2.05) is 48.5 Å². The lowest BCUT2D eigenvalue weighted by molar-refractivity contribution is 1.61. The minimum Gasteiger partial charge on any atom is -0.399 e. The first kappa shape index (κ1) is 25.7. The molecule has 0 unspecified atom stereocenters. The minimum absolute atomic E-state index is 0.737. The Kier molecular flexibility index (Phi) is 5.71. The van der Waals surface area contributed by atoms with Crippen LogP contribution in [0, 0.1) is 0 Å². The topological polar surface area (TPSA) is 104 Å². The second kappa shape index (κ2) is 9.79. The van der Waals surface area contributed by atoms with Gasteiger partial charge in [0.25, 0.3) is 0 Å². The third-order valence-corrected chi connectivity index (χ3v) is 8.79. The molecule has 8 aromatic carbocycles. The number of hydrogen-bond acceptors (Lipinski definition) is 4. The van der Waals surface area contributed by atoms with Crippen molar-refractivity contribution in [2.24, 2.45) is 0 Å². The van der Waals surface area contributed by atoms with E-state index in [1.54, 1.807) is 0 Å². The van der Waals surface area contributed by atoms with Crippen molar-refractivity contribution in [3.8, 4) is 44.5 Å². The number of nitrogens with two attached hydrogens (primary N) is 4. The molecule has 0 atom stereocenters. The van der Waals surface area contributed by atoms with Gasteiger partial charge in [0, 0.05) is 22.7 Å². The summed E-state index contributed by atoms with van der Waals surface area (Å²) in [5.74, 6) is 0. The Morgan fingerprint density at radius 1 is 0.250 bits per heavy atom. The molecule has 8 aromatic rings. The van der Waals surface area contributed by atoms with Crippen LogP contribution in [0.25, 0.3) is 76.8 Å². The summed E-state index contributed by atoms with van der Waals surface area (Å²) in [5, 5.41) is 7.23. The van der Waals surface area contributed by atoms with Gasteiger partial charge >= 0.3 is 0 Å². The molecule has 0 heterocycles. The van der Waals surface area contributed by atoms with Gasteiger partial charge in [0.05, 0.1) is 0 Å². The second-order valence-electron chi connectivity index (χ2n) is 11.5. The number of hydrogen-bond donors (Lipinski definition) is 4. The van der Waals surface area contributed by atoms with E-state index in [0.29, 0.717) is 0 Å². The first-order valence-corrected chi connectivity index (χ1v) is 14.7. The molecule has 0 spiro atoms. The standard InChI is InChI=1S/C40H30N4/c41-27-9-1-23(2-10-27)31-17-18-33-36(25-5-13-29(43)14-6-25)22-38-37(26-7-15-30(44)16-8-26)21-35(24-3-11-28(42)12-4-24)34-20-19-32(31)39(33)40(34)38/h1-22H,41-44H2. The van der Waals surface area contributed by atoms with E-state index in [2.05, 4.69) is 84.9 Å². The maximum atomic E-state index is 6.13. The fraction of sp³-hybridized carbons (Fsp3) is 0. The number of anilines is 4. The molecule has 0 aromatic heterocycles. The Hall–Kier alpha value is -6.00. The normalized spacial score (nSPS) is 11.5. The highest BCUT2D eigenvalue weighted by Crippen LogP contribution is 2.48. The maximum absolute atomic E-state index is 6.13. The van der Waals surface area contributed by atoms with Crippen LogP contribution in [-0.4, -0.2) is 0 Å². The quantitative estimate of drug-likeness (QED) is 0.126. The molecule has 210 valence electrons. The molecule has 0 aliphatic rings. The van der Waals surface area contributed by atoms with Gasteiger partial charge in [-0.15, -0.1) is 0 Å². The van der Waals surface area contributed by atoms with Crippen LogP contribution < -0.4 is 22.9 Å². The molecule has 0 aliphatic heterocycles. The van der Waals surface area contributed by atoms with Gasteiger partial charge in [0.2, 0.25) is 0 Å². The first-order chi connectivity index (χ1) is 21.4. The fourth-order valence-corrected chi connectivity index (χ4v) is 6.60. The molecule has 0 radical (unpaired) electrons. The van der Waals surface area contributed by atoms with Crippen LogP contribution in [0.1, 0.15) is 0 Å². The van der Waals surface area contributed by atoms with Gasteiger partial charge in [-0.3, -0.25) is 0 Å². The van der Waals surface area contributed by atoms with Crippen molar-refractivity contribution < 1.29 is 0 Å². The van der Waals surface area contributed by atoms with Gasteiger partial charge in [-0.05, 0) is 137 Å². The van der Waals surface area contributed by atoms with Crippen molar-refractivity contribution in [1.29, 1.82) is 0 Å². The molecule has 0 amide bonds. The average molecular weight is 567 g/mol. The molecule has 44 heavy (non-hydrogen) atoms. The summed E-state index contributed by atoms with van der Waals surface area (Å²) in [5.41, 5.74) is 36.5. The highest BCUT2D eigenvalue weighted by molar-refractivity contribution is 6.32. The van der Waals surface area contributed by atoms with Gasteiger partial charge in [0.15, 0.2) is 0 Å². The van der Waals surface area contributed by atoms with Crippen molar-refractivity contribution in [2.45, 2.75) is 0 Å². The molecule has 8 rings (SSSR count). The number of benzene rings is 8.